The highest BCUT2D eigenvalue weighted by Gasteiger charge is 2.34. The molecule has 2 aliphatic rings. The molecule has 0 aliphatic carbocycles. The van der Waals surface area contributed by atoms with Gasteiger partial charge >= 0.3 is 0 Å². The molecule has 0 radical (unpaired) electrons. The van der Waals surface area contributed by atoms with E-state index in [4.69, 9.17) is 9.47 Å². The Morgan fingerprint density at radius 3 is 2.96 bits per heavy atom. The van der Waals surface area contributed by atoms with Gasteiger partial charge in [-0.2, -0.15) is 5.10 Å². The van der Waals surface area contributed by atoms with E-state index >= 15 is 0 Å². The lowest BCUT2D eigenvalue weighted by Crippen LogP contribution is -2.39. The predicted octanol–water partition coefficient (Wildman–Crippen LogP) is 3.40. The lowest BCUT2D eigenvalue weighted by molar-refractivity contribution is 0.0286. The van der Waals surface area contributed by atoms with Crippen LogP contribution in [0.1, 0.15) is 37.4 Å². The van der Waals surface area contributed by atoms with Gasteiger partial charge in [-0.1, -0.05) is 12.1 Å². The van der Waals surface area contributed by atoms with Crippen molar-refractivity contribution in [3.63, 3.8) is 0 Å². The number of methoxy groups -OCH3 is 1. The molecular formula is C19H25N3O2. The first-order valence-electron chi connectivity index (χ1n) is 8.88. The third-order valence-electron chi connectivity index (χ3n) is 5.34. The summed E-state index contributed by atoms with van der Waals surface area (Å²) in [5.74, 6) is 0.882. The zero-order valence-corrected chi connectivity index (χ0v) is 14.2. The minimum Gasteiger partial charge on any atom is -0.497 e. The Morgan fingerprint density at radius 1 is 1.25 bits per heavy atom. The van der Waals surface area contributed by atoms with E-state index in [-0.39, 0.29) is 0 Å². The summed E-state index contributed by atoms with van der Waals surface area (Å²) in [6, 6.07) is 9.29. The second-order valence-electron chi connectivity index (χ2n) is 6.67. The van der Waals surface area contributed by atoms with E-state index in [1.54, 1.807) is 7.11 Å². The van der Waals surface area contributed by atoms with Crippen molar-refractivity contribution in [2.75, 3.05) is 26.9 Å². The highest BCUT2D eigenvalue weighted by atomic mass is 16.5. The second-order valence-corrected chi connectivity index (χ2v) is 6.67. The molecule has 2 aromatic rings. The van der Waals surface area contributed by atoms with Gasteiger partial charge in [-0.3, -0.25) is 10.00 Å². The molecule has 1 unspecified atom stereocenters. The fourth-order valence-corrected chi connectivity index (χ4v) is 4.12. The fourth-order valence-electron chi connectivity index (χ4n) is 4.12. The molecule has 24 heavy (non-hydrogen) atoms. The van der Waals surface area contributed by atoms with Gasteiger partial charge in [-0.15, -0.1) is 0 Å². The monoisotopic (exact) mass is 327 g/mol. The SMILES string of the molecule is COc1cccc(-c2cn[nH]c2C2CCCN2C2CCOCC2)c1. The van der Waals surface area contributed by atoms with Crippen molar-refractivity contribution in [3.05, 3.63) is 36.2 Å². The average Bonchev–Trinajstić information content (AvgIpc) is 3.31. The molecule has 128 valence electrons. The van der Waals surface area contributed by atoms with Crippen molar-refractivity contribution in [2.45, 2.75) is 37.8 Å². The number of nitrogens with zero attached hydrogens (tertiary/aromatic N) is 2. The van der Waals surface area contributed by atoms with Crippen LogP contribution in [0.4, 0.5) is 0 Å². The van der Waals surface area contributed by atoms with Crippen LogP contribution in [0.25, 0.3) is 11.1 Å². The maximum Gasteiger partial charge on any atom is 0.119 e. The van der Waals surface area contributed by atoms with Gasteiger partial charge in [-0.25, -0.2) is 0 Å². The smallest absolute Gasteiger partial charge is 0.119 e. The number of benzene rings is 1. The van der Waals surface area contributed by atoms with Gasteiger partial charge in [0.2, 0.25) is 0 Å². The van der Waals surface area contributed by atoms with E-state index in [1.165, 1.54) is 30.6 Å². The van der Waals surface area contributed by atoms with Crippen molar-refractivity contribution >= 4 is 0 Å². The molecule has 0 spiro atoms. The molecule has 1 N–H and O–H groups in total. The Kier molecular flexibility index (Phi) is 4.54. The molecule has 2 aliphatic heterocycles. The summed E-state index contributed by atoms with van der Waals surface area (Å²) in [4.78, 5) is 2.67. The van der Waals surface area contributed by atoms with E-state index in [0.717, 1.165) is 37.4 Å². The van der Waals surface area contributed by atoms with Gasteiger partial charge in [-0.05, 0) is 49.9 Å². The number of rotatable bonds is 4. The molecule has 1 atom stereocenters. The van der Waals surface area contributed by atoms with E-state index < -0.39 is 0 Å². The number of ether oxygens (including phenoxy) is 2. The van der Waals surface area contributed by atoms with Crippen LogP contribution < -0.4 is 4.74 Å². The van der Waals surface area contributed by atoms with Crippen molar-refractivity contribution in [1.82, 2.24) is 15.1 Å². The largest absolute Gasteiger partial charge is 0.497 e. The lowest BCUT2D eigenvalue weighted by atomic mass is 9.99. The summed E-state index contributed by atoms with van der Waals surface area (Å²) >= 11 is 0. The fraction of sp³-hybridized carbons (Fsp3) is 0.526. The van der Waals surface area contributed by atoms with E-state index in [1.807, 2.05) is 18.3 Å². The lowest BCUT2D eigenvalue weighted by Gasteiger charge is -2.35. The van der Waals surface area contributed by atoms with E-state index in [0.29, 0.717) is 12.1 Å². The van der Waals surface area contributed by atoms with Crippen molar-refractivity contribution in [2.24, 2.45) is 0 Å². The molecule has 1 aromatic carbocycles. The molecule has 3 heterocycles. The minimum atomic E-state index is 0.428. The number of hydrogen-bond acceptors (Lipinski definition) is 4. The molecule has 5 nitrogen and oxygen atoms in total. The number of nitrogens with one attached hydrogen (secondary N) is 1. The van der Waals surface area contributed by atoms with Crippen LogP contribution in [0.3, 0.4) is 0 Å². The summed E-state index contributed by atoms with van der Waals surface area (Å²) < 4.78 is 10.9. The first kappa shape index (κ1) is 15.7. The van der Waals surface area contributed by atoms with Crippen LogP contribution in [-0.2, 0) is 4.74 Å². The molecular weight excluding hydrogens is 302 g/mol. The Bertz CT molecular complexity index is 679. The zero-order valence-electron chi connectivity index (χ0n) is 14.2. The number of likely N-dealkylation sites (tertiary alicyclic amines) is 1. The second kappa shape index (κ2) is 6.95. The zero-order chi connectivity index (χ0) is 16.4. The molecule has 4 rings (SSSR count). The highest BCUT2D eigenvalue weighted by Crippen LogP contribution is 2.39. The van der Waals surface area contributed by atoms with Crippen LogP contribution in [0.2, 0.25) is 0 Å². The molecule has 0 bridgehead atoms. The number of H-pyrrole nitrogens is 1. The Balaban J connectivity index is 1.63. The molecule has 2 saturated heterocycles. The Morgan fingerprint density at radius 2 is 2.12 bits per heavy atom. The van der Waals surface area contributed by atoms with Gasteiger partial charge in [0.15, 0.2) is 0 Å². The quantitative estimate of drug-likeness (QED) is 0.935. The van der Waals surface area contributed by atoms with Gasteiger partial charge in [0, 0.05) is 24.8 Å². The normalized spacial score (nSPS) is 22.8. The Hall–Kier alpha value is -1.85. The minimum absolute atomic E-state index is 0.428. The first-order valence-corrected chi connectivity index (χ1v) is 8.88. The molecule has 0 amide bonds. The van der Waals surface area contributed by atoms with E-state index in [2.05, 4.69) is 27.2 Å². The summed E-state index contributed by atoms with van der Waals surface area (Å²) in [5, 5.41) is 7.65. The van der Waals surface area contributed by atoms with Crippen LogP contribution in [0.5, 0.6) is 5.75 Å². The number of hydrogen-bond donors (Lipinski definition) is 1. The first-order chi connectivity index (χ1) is 11.9. The molecule has 2 fully saturated rings. The predicted molar refractivity (Wildman–Crippen MR) is 93.1 cm³/mol. The third kappa shape index (κ3) is 2.94. The van der Waals surface area contributed by atoms with Crippen molar-refractivity contribution < 1.29 is 9.47 Å². The standard InChI is InChI=1S/C19H25N3O2/c1-23-16-5-2-4-14(12-16)17-13-20-21-19(17)18-6-3-9-22(18)15-7-10-24-11-8-15/h2,4-5,12-13,15,18H,3,6-11H2,1H3,(H,20,21). The van der Waals surface area contributed by atoms with Gasteiger partial charge in [0.25, 0.3) is 0 Å². The van der Waals surface area contributed by atoms with Gasteiger partial charge < -0.3 is 9.47 Å². The van der Waals surface area contributed by atoms with Gasteiger partial charge in [0.05, 0.1) is 25.0 Å². The van der Waals surface area contributed by atoms with Crippen LogP contribution in [0, 0.1) is 0 Å². The summed E-state index contributed by atoms with van der Waals surface area (Å²) in [5.41, 5.74) is 3.60. The van der Waals surface area contributed by atoms with Crippen LogP contribution >= 0.6 is 0 Å². The maximum absolute atomic E-state index is 5.54. The molecule has 1 aromatic heterocycles. The highest BCUT2D eigenvalue weighted by molar-refractivity contribution is 5.67. The maximum atomic E-state index is 5.54. The van der Waals surface area contributed by atoms with Crippen molar-refractivity contribution in [1.29, 1.82) is 0 Å². The van der Waals surface area contributed by atoms with Crippen molar-refractivity contribution in [3.8, 4) is 16.9 Å². The number of aromatic amines is 1. The van der Waals surface area contributed by atoms with Crippen LogP contribution in [0.15, 0.2) is 30.5 Å². The van der Waals surface area contributed by atoms with E-state index in [9.17, 15) is 0 Å². The summed E-state index contributed by atoms with van der Waals surface area (Å²) in [6.45, 7) is 2.95. The van der Waals surface area contributed by atoms with Gasteiger partial charge in [0.1, 0.15) is 5.75 Å². The molecule has 5 heteroatoms. The average molecular weight is 327 g/mol. The topological polar surface area (TPSA) is 50.4 Å². The molecule has 0 saturated carbocycles. The third-order valence-corrected chi connectivity index (χ3v) is 5.34. The van der Waals surface area contributed by atoms with Crippen LogP contribution in [-0.4, -0.2) is 48.0 Å². The Labute approximate surface area is 143 Å². The summed E-state index contributed by atoms with van der Waals surface area (Å²) in [6.07, 6.45) is 6.66. The summed E-state index contributed by atoms with van der Waals surface area (Å²) in [7, 11) is 1.71. The number of aromatic nitrogens is 2.